The molecule has 0 saturated heterocycles. The summed E-state index contributed by atoms with van der Waals surface area (Å²) in [6.45, 7) is 1.86. The Hall–Kier alpha value is -1.97. The van der Waals surface area contributed by atoms with Crippen LogP contribution in [0.4, 0.5) is 0 Å². The minimum absolute atomic E-state index is 0.408. The minimum atomic E-state index is -0.431. The third-order valence-corrected chi connectivity index (χ3v) is 4.12. The lowest BCUT2D eigenvalue weighted by molar-refractivity contribution is 0.415. The second kappa shape index (κ2) is 5.67. The molecule has 0 spiro atoms. The molecule has 0 amide bonds. The molecule has 2 aromatic carbocycles. The first-order valence-corrected chi connectivity index (χ1v) is 7.33. The van der Waals surface area contributed by atoms with Crippen LogP contribution in [0.2, 0.25) is 10.0 Å². The van der Waals surface area contributed by atoms with E-state index in [4.69, 9.17) is 32.4 Å². The summed E-state index contributed by atoms with van der Waals surface area (Å²) in [5.74, 6) is 0.692. The summed E-state index contributed by atoms with van der Waals surface area (Å²) in [5, 5.41) is 1.73. The average Bonchev–Trinajstić information content (AvgIpc) is 2.49. The van der Waals surface area contributed by atoms with E-state index < -0.39 is 5.63 Å². The van der Waals surface area contributed by atoms with Gasteiger partial charge in [0, 0.05) is 16.0 Å². The minimum Gasteiger partial charge on any atom is -0.497 e. The van der Waals surface area contributed by atoms with Gasteiger partial charge in [0.05, 0.1) is 17.7 Å². The van der Waals surface area contributed by atoms with E-state index in [1.807, 2.05) is 13.0 Å². The Bertz CT molecular complexity index is 929. The van der Waals surface area contributed by atoms with E-state index in [0.717, 1.165) is 10.9 Å². The van der Waals surface area contributed by atoms with Gasteiger partial charge in [-0.3, -0.25) is 0 Å². The smallest absolute Gasteiger partial charge is 0.344 e. The molecule has 3 rings (SSSR count). The van der Waals surface area contributed by atoms with Crippen molar-refractivity contribution in [1.29, 1.82) is 0 Å². The van der Waals surface area contributed by atoms with Crippen LogP contribution in [0.5, 0.6) is 5.75 Å². The highest BCUT2D eigenvalue weighted by molar-refractivity contribution is 6.36. The van der Waals surface area contributed by atoms with E-state index in [2.05, 4.69) is 0 Å². The van der Waals surface area contributed by atoms with Crippen LogP contribution in [-0.4, -0.2) is 7.11 Å². The fourth-order valence-corrected chi connectivity index (χ4v) is 2.96. The van der Waals surface area contributed by atoms with Crippen LogP contribution in [0.25, 0.3) is 22.1 Å². The summed E-state index contributed by atoms with van der Waals surface area (Å²) < 4.78 is 10.6. The number of halogens is 2. The van der Waals surface area contributed by atoms with Gasteiger partial charge in [-0.25, -0.2) is 4.79 Å². The highest BCUT2D eigenvalue weighted by Gasteiger charge is 2.16. The Morgan fingerprint density at radius 2 is 1.86 bits per heavy atom. The van der Waals surface area contributed by atoms with E-state index in [1.165, 1.54) is 0 Å². The van der Waals surface area contributed by atoms with Gasteiger partial charge in [0.2, 0.25) is 0 Å². The molecular formula is C17H12Cl2O3. The maximum absolute atomic E-state index is 12.4. The maximum Gasteiger partial charge on any atom is 0.344 e. The highest BCUT2D eigenvalue weighted by atomic mass is 35.5. The van der Waals surface area contributed by atoms with Crippen molar-refractivity contribution in [3.63, 3.8) is 0 Å². The molecule has 1 aromatic heterocycles. The molecule has 5 heteroatoms. The fraction of sp³-hybridized carbons (Fsp3) is 0.118. The van der Waals surface area contributed by atoms with Gasteiger partial charge in [-0.15, -0.1) is 0 Å². The van der Waals surface area contributed by atoms with Crippen LogP contribution in [0, 0.1) is 6.92 Å². The number of hydrogen-bond donors (Lipinski definition) is 0. The first-order chi connectivity index (χ1) is 10.5. The lowest BCUT2D eigenvalue weighted by Crippen LogP contribution is -2.06. The van der Waals surface area contributed by atoms with E-state index in [0.29, 0.717) is 32.5 Å². The van der Waals surface area contributed by atoms with E-state index >= 15 is 0 Å². The van der Waals surface area contributed by atoms with Crippen molar-refractivity contribution >= 4 is 34.2 Å². The predicted molar refractivity (Wildman–Crippen MR) is 89.2 cm³/mol. The monoisotopic (exact) mass is 334 g/mol. The molecule has 0 aliphatic rings. The average molecular weight is 335 g/mol. The topological polar surface area (TPSA) is 39.4 Å². The van der Waals surface area contributed by atoms with Crippen molar-refractivity contribution in [1.82, 2.24) is 0 Å². The highest BCUT2D eigenvalue weighted by Crippen LogP contribution is 2.34. The molecule has 0 bridgehead atoms. The fourth-order valence-electron chi connectivity index (χ4n) is 2.46. The van der Waals surface area contributed by atoms with Crippen molar-refractivity contribution in [3.05, 3.63) is 62.4 Å². The summed E-state index contributed by atoms with van der Waals surface area (Å²) in [4.78, 5) is 12.4. The van der Waals surface area contributed by atoms with Gasteiger partial charge in [0.15, 0.2) is 0 Å². The largest absolute Gasteiger partial charge is 0.497 e. The predicted octanol–water partition coefficient (Wildman–Crippen LogP) is 5.08. The van der Waals surface area contributed by atoms with Crippen LogP contribution in [0.3, 0.4) is 0 Å². The molecule has 22 heavy (non-hydrogen) atoms. The number of fused-ring (bicyclic) bond motifs is 1. The van der Waals surface area contributed by atoms with Crippen molar-refractivity contribution < 1.29 is 9.15 Å². The van der Waals surface area contributed by atoms with Crippen LogP contribution in [-0.2, 0) is 0 Å². The number of benzene rings is 2. The Morgan fingerprint density at radius 3 is 2.55 bits per heavy atom. The zero-order chi connectivity index (χ0) is 15.9. The zero-order valence-electron chi connectivity index (χ0n) is 11.9. The molecule has 0 N–H and O–H groups in total. The molecule has 0 aliphatic carbocycles. The standard InChI is InChI=1S/C17H12Cl2O3/c1-9-13-8-11(21-2)4-6-15(13)22-17(20)16(9)12-5-3-10(18)7-14(12)19/h3-8H,1-2H3. The second-order valence-corrected chi connectivity index (χ2v) is 5.72. The zero-order valence-corrected chi connectivity index (χ0v) is 13.5. The first kappa shape index (κ1) is 14.9. The lowest BCUT2D eigenvalue weighted by Gasteiger charge is -2.10. The van der Waals surface area contributed by atoms with Crippen molar-refractivity contribution in [2.75, 3.05) is 7.11 Å². The molecule has 0 radical (unpaired) electrons. The van der Waals surface area contributed by atoms with Crippen LogP contribution >= 0.6 is 23.2 Å². The van der Waals surface area contributed by atoms with Gasteiger partial charge in [0.1, 0.15) is 11.3 Å². The third kappa shape index (κ3) is 2.47. The Morgan fingerprint density at radius 1 is 1.09 bits per heavy atom. The molecular weight excluding hydrogens is 323 g/mol. The third-order valence-electron chi connectivity index (χ3n) is 3.57. The van der Waals surface area contributed by atoms with Crippen molar-refractivity contribution in [2.45, 2.75) is 6.92 Å². The molecule has 0 unspecified atom stereocenters. The van der Waals surface area contributed by atoms with Gasteiger partial charge in [-0.2, -0.15) is 0 Å². The van der Waals surface area contributed by atoms with Gasteiger partial charge >= 0.3 is 5.63 Å². The number of ether oxygens (including phenoxy) is 1. The Labute approximate surface area is 137 Å². The van der Waals surface area contributed by atoms with Crippen molar-refractivity contribution in [3.8, 4) is 16.9 Å². The quantitative estimate of drug-likeness (QED) is 0.613. The molecule has 0 aliphatic heterocycles. The number of methoxy groups -OCH3 is 1. The second-order valence-electron chi connectivity index (χ2n) is 4.88. The lowest BCUT2D eigenvalue weighted by atomic mass is 9.99. The van der Waals surface area contributed by atoms with E-state index in [1.54, 1.807) is 37.4 Å². The summed E-state index contributed by atoms with van der Waals surface area (Å²) in [6, 6.07) is 10.3. The molecule has 3 nitrogen and oxygen atoms in total. The van der Waals surface area contributed by atoms with Crippen LogP contribution in [0.1, 0.15) is 5.56 Å². The number of rotatable bonds is 2. The number of hydrogen-bond acceptors (Lipinski definition) is 3. The molecule has 112 valence electrons. The van der Waals surface area contributed by atoms with Gasteiger partial charge < -0.3 is 9.15 Å². The summed E-state index contributed by atoms with van der Waals surface area (Å²) in [6.07, 6.45) is 0. The van der Waals surface area contributed by atoms with Gasteiger partial charge in [-0.1, -0.05) is 29.3 Å². The van der Waals surface area contributed by atoms with Gasteiger partial charge in [-0.05, 0) is 42.8 Å². The Kier molecular flexibility index (Phi) is 3.85. The normalized spacial score (nSPS) is 10.9. The molecule has 1 heterocycles. The van der Waals surface area contributed by atoms with E-state index in [9.17, 15) is 4.79 Å². The summed E-state index contributed by atoms with van der Waals surface area (Å²) in [7, 11) is 1.59. The molecule has 3 aromatic rings. The van der Waals surface area contributed by atoms with E-state index in [-0.39, 0.29) is 0 Å². The first-order valence-electron chi connectivity index (χ1n) is 6.58. The van der Waals surface area contributed by atoms with Crippen LogP contribution in [0.15, 0.2) is 45.6 Å². The Balaban J connectivity index is 2.36. The SMILES string of the molecule is COc1ccc2oc(=O)c(-c3ccc(Cl)cc3Cl)c(C)c2c1. The van der Waals surface area contributed by atoms with Crippen LogP contribution < -0.4 is 10.4 Å². The van der Waals surface area contributed by atoms with Crippen molar-refractivity contribution in [2.24, 2.45) is 0 Å². The molecule has 0 fully saturated rings. The molecule has 0 atom stereocenters. The van der Waals surface area contributed by atoms with Gasteiger partial charge in [0.25, 0.3) is 0 Å². The summed E-state index contributed by atoms with van der Waals surface area (Å²) in [5.41, 5.74) is 1.90. The maximum atomic E-state index is 12.4. The molecule has 0 saturated carbocycles. The number of aryl methyl sites for hydroxylation is 1. The summed E-state index contributed by atoms with van der Waals surface area (Å²) >= 11 is 12.1.